The number of primary amides is 1. The second-order valence-electron chi connectivity index (χ2n) is 8.32. The number of hydrogen-bond donors (Lipinski definition) is 7. The van der Waals surface area contributed by atoms with Crippen LogP contribution in [0.2, 0.25) is 0 Å². The molecular weight excluding hydrogens is 458 g/mol. The topological polar surface area (TPSA) is 214 Å². The normalized spacial score (nSPS) is 15.1. The maximum atomic E-state index is 13.0. The number of carbonyl (C=O) groups is 5. The van der Waals surface area contributed by atoms with Gasteiger partial charge in [-0.1, -0.05) is 50.6 Å². The van der Waals surface area contributed by atoms with Crippen molar-refractivity contribution in [3.05, 3.63) is 35.9 Å². The lowest BCUT2D eigenvalue weighted by molar-refractivity contribution is -0.142. The third-order valence-corrected chi connectivity index (χ3v) is 5.54. The summed E-state index contributed by atoms with van der Waals surface area (Å²) >= 11 is 0. The van der Waals surface area contributed by atoms with Crippen LogP contribution in [0.25, 0.3) is 0 Å². The molecule has 1 aromatic carbocycles. The van der Waals surface area contributed by atoms with E-state index in [9.17, 15) is 34.2 Å². The molecule has 0 spiro atoms. The fourth-order valence-electron chi connectivity index (χ4n) is 3.17. The highest BCUT2D eigenvalue weighted by molar-refractivity contribution is 5.94. The average Bonchev–Trinajstić information content (AvgIpc) is 2.83. The van der Waals surface area contributed by atoms with Gasteiger partial charge in [0.25, 0.3) is 0 Å². The number of amides is 4. The zero-order valence-corrected chi connectivity index (χ0v) is 19.9. The molecule has 0 aliphatic heterocycles. The van der Waals surface area contributed by atoms with Gasteiger partial charge in [0.1, 0.15) is 18.1 Å². The molecule has 1 rings (SSSR count). The van der Waals surface area contributed by atoms with Gasteiger partial charge >= 0.3 is 5.97 Å². The fraction of sp³-hybridized carbons (Fsp3) is 0.522. The lowest BCUT2D eigenvalue weighted by Crippen LogP contribution is -2.59. The van der Waals surface area contributed by atoms with E-state index in [-0.39, 0.29) is 19.3 Å². The predicted octanol–water partition coefficient (Wildman–Crippen LogP) is -1.60. The lowest BCUT2D eigenvalue weighted by Gasteiger charge is -2.27. The zero-order chi connectivity index (χ0) is 26.5. The van der Waals surface area contributed by atoms with E-state index in [0.29, 0.717) is 12.0 Å². The van der Waals surface area contributed by atoms with Gasteiger partial charge in [0.15, 0.2) is 0 Å². The van der Waals surface area contributed by atoms with Crippen LogP contribution in [-0.4, -0.2) is 70.6 Å². The number of aliphatic carboxylic acids is 1. The number of benzene rings is 1. The van der Waals surface area contributed by atoms with Gasteiger partial charge in [0.05, 0.1) is 12.6 Å². The van der Waals surface area contributed by atoms with Crippen molar-refractivity contribution >= 4 is 29.6 Å². The summed E-state index contributed by atoms with van der Waals surface area (Å²) in [6, 6.07) is 3.85. The van der Waals surface area contributed by atoms with Gasteiger partial charge in [-0.25, -0.2) is 4.79 Å². The van der Waals surface area contributed by atoms with Gasteiger partial charge in [0, 0.05) is 12.8 Å². The Labute approximate surface area is 203 Å². The Kier molecular flexibility index (Phi) is 12.4. The first-order chi connectivity index (χ1) is 16.5. The number of carboxylic acid groups (broad SMARTS) is 1. The molecule has 0 saturated heterocycles. The van der Waals surface area contributed by atoms with Crippen LogP contribution in [-0.2, 0) is 30.4 Å². The summed E-state index contributed by atoms with van der Waals surface area (Å²) in [5.41, 5.74) is 11.4. The van der Waals surface area contributed by atoms with Crippen molar-refractivity contribution in [3.8, 4) is 0 Å². The predicted molar refractivity (Wildman–Crippen MR) is 127 cm³/mol. The Hall–Kier alpha value is -3.51. The summed E-state index contributed by atoms with van der Waals surface area (Å²) in [5, 5.41) is 26.4. The Balaban J connectivity index is 2.89. The Morgan fingerprint density at radius 1 is 0.943 bits per heavy atom. The van der Waals surface area contributed by atoms with Gasteiger partial charge in [-0.3, -0.25) is 19.2 Å². The van der Waals surface area contributed by atoms with Crippen LogP contribution in [0.1, 0.15) is 38.7 Å². The molecule has 1 aromatic rings. The van der Waals surface area contributed by atoms with Gasteiger partial charge in [-0.05, 0) is 17.9 Å². The highest BCUT2D eigenvalue weighted by Crippen LogP contribution is 2.10. The van der Waals surface area contributed by atoms with Crippen LogP contribution in [0, 0.1) is 5.92 Å². The smallest absolute Gasteiger partial charge is 0.326 e. The minimum Gasteiger partial charge on any atom is -0.480 e. The van der Waals surface area contributed by atoms with Crippen LogP contribution < -0.4 is 27.4 Å². The Bertz CT molecular complexity index is 880. The molecule has 12 heteroatoms. The molecule has 0 aliphatic rings. The highest BCUT2D eigenvalue weighted by Gasteiger charge is 2.32. The molecule has 0 aliphatic carbocycles. The molecule has 35 heavy (non-hydrogen) atoms. The third kappa shape index (κ3) is 10.1. The monoisotopic (exact) mass is 493 g/mol. The van der Waals surface area contributed by atoms with E-state index in [2.05, 4.69) is 16.0 Å². The molecule has 5 unspecified atom stereocenters. The minimum atomic E-state index is -1.42. The number of nitrogens with two attached hydrogens (primary N) is 2. The van der Waals surface area contributed by atoms with Crippen molar-refractivity contribution in [1.29, 1.82) is 0 Å². The molecule has 0 heterocycles. The molecule has 4 amide bonds. The number of carbonyl (C=O) groups excluding carboxylic acids is 4. The van der Waals surface area contributed by atoms with Gasteiger partial charge in [-0.15, -0.1) is 0 Å². The first-order valence-electron chi connectivity index (χ1n) is 11.3. The summed E-state index contributed by atoms with van der Waals surface area (Å²) in [6.07, 6.45) is 0.343. The van der Waals surface area contributed by atoms with E-state index >= 15 is 0 Å². The van der Waals surface area contributed by atoms with Gasteiger partial charge < -0.3 is 37.6 Å². The molecule has 9 N–H and O–H groups in total. The first kappa shape index (κ1) is 29.5. The van der Waals surface area contributed by atoms with Gasteiger partial charge in [-0.2, -0.15) is 0 Å². The largest absolute Gasteiger partial charge is 0.480 e. The van der Waals surface area contributed by atoms with E-state index in [1.807, 2.05) is 0 Å². The van der Waals surface area contributed by atoms with Crippen molar-refractivity contribution in [3.63, 3.8) is 0 Å². The van der Waals surface area contributed by atoms with Crippen LogP contribution in [0.5, 0.6) is 0 Å². The molecule has 0 radical (unpaired) electrons. The molecule has 12 nitrogen and oxygen atoms in total. The van der Waals surface area contributed by atoms with Crippen LogP contribution in [0.15, 0.2) is 30.3 Å². The third-order valence-electron chi connectivity index (χ3n) is 5.54. The molecule has 0 fully saturated rings. The molecule has 194 valence electrons. The first-order valence-corrected chi connectivity index (χ1v) is 11.3. The molecule has 0 aromatic heterocycles. The molecular formula is C23H35N5O7. The SMILES string of the molecule is CCC(C)C(NC(=O)C(CO)NC(=O)C(N)CCC(N)=O)C(=O)NC(Cc1ccccc1)C(=O)O. The highest BCUT2D eigenvalue weighted by atomic mass is 16.4. The molecule has 0 saturated carbocycles. The number of carboxylic acids is 1. The van der Waals surface area contributed by atoms with Crippen molar-refractivity contribution in [1.82, 2.24) is 16.0 Å². The number of rotatable bonds is 15. The van der Waals surface area contributed by atoms with E-state index < -0.39 is 66.3 Å². The molecule has 0 bridgehead atoms. The summed E-state index contributed by atoms with van der Waals surface area (Å²) < 4.78 is 0. The second kappa shape index (κ2) is 14.7. The van der Waals surface area contributed by atoms with E-state index in [1.54, 1.807) is 44.2 Å². The Morgan fingerprint density at radius 3 is 2.06 bits per heavy atom. The number of aliphatic hydroxyl groups excluding tert-OH is 1. The number of nitrogens with one attached hydrogen (secondary N) is 3. The van der Waals surface area contributed by atoms with Crippen LogP contribution in [0.4, 0.5) is 0 Å². The van der Waals surface area contributed by atoms with Crippen LogP contribution >= 0.6 is 0 Å². The quantitative estimate of drug-likeness (QED) is 0.151. The lowest BCUT2D eigenvalue weighted by atomic mass is 9.97. The van der Waals surface area contributed by atoms with E-state index in [1.165, 1.54) is 0 Å². The summed E-state index contributed by atoms with van der Waals surface area (Å²) in [5.74, 6) is -4.60. The number of hydrogen-bond acceptors (Lipinski definition) is 7. The Morgan fingerprint density at radius 2 is 1.54 bits per heavy atom. The van der Waals surface area contributed by atoms with Crippen molar-refractivity contribution < 1.29 is 34.2 Å². The standard InChI is InChI=1S/C23H35N5O7/c1-3-13(2)19(22(33)26-16(23(34)35)11-14-7-5-4-6-8-14)28-21(32)17(12-29)27-20(31)15(24)9-10-18(25)30/h4-8,13,15-17,19,29H,3,9-12,24H2,1-2H3,(H2,25,30)(H,26,33)(H,27,31)(H,28,32)(H,34,35). The maximum Gasteiger partial charge on any atom is 0.326 e. The van der Waals surface area contributed by atoms with Crippen LogP contribution in [0.3, 0.4) is 0 Å². The number of aliphatic hydroxyl groups is 1. The summed E-state index contributed by atoms with van der Waals surface area (Å²) in [7, 11) is 0. The summed E-state index contributed by atoms with van der Waals surface area (Å²) in [4.78, 5) is 60.5. The second-order valence-corrected chi connectivity index (χ2v) is 8.32. The van der Waals surface area contributed by atoms with Crippen molar-refractivity contribution in [2.45, 2.75) is 63.7 Å². The maximum absolute atomic E-state index is 13.0. The van der Waals surface area contributed by atoms with Gasteiger partial charge in [0.2, 0.25) is 23.6 Å². The van der Waals surface area contributed by atoms with Crippen molar-refractivity contribution in [2.75, 3.05) is 6.61 Å². The fourth-order valence-corrected chi connectivity index (χ4v) is 3.17. The zero-order valence-electron chi connectivity index (χ0n) is 19.9. The molecule has 5 atom stereocenters. The minimum absolute atomic E-state index is 0.0433. The van der Waals surface area contributed by atoms with Crippen molar-refractivity contribution in [2.24, 2.45) is 17.4 Å². The average molecular weight is 494 g/mol. The van der Waals surface area contributed by atoms with E-state index in [0.717, 1.165) is 0 Å². The van der Waals surface area contributed by atoms with E-state index in [4.69, 9.17) is 11.5 Å². The summed E-state index contributed by atoms with van der Waals surface area (Å²) in [6.45, 7) is 2.71.